The van der Waals surface area contributed by atoms with Gasteiger partial charge in [-0.2, -0.15) is 0 Å². The van der Waals surface area contributed by atoms with E-state index < -0.39 is 36.2 Å². The van der Waals surface area contributed by atoms with Crippen molar-refractivity contribution in [2.75, 3.05) is 6.61 Å². The van der Waals surface area contributed by atoms with Crippen LogP contribution in [0.1, 0.15) is 66.0 Å². The second kappa shape index (κ2) is 11.4. The van der Waals surface area contributed by atoms with Crippen molar-refractivity contribution in [1.29, 1.82) is 0 Å². The second-order valence-corrected chi connectivity index (χ2v) is 13.5. The maximum absolute atomic E-state index is 13.7. The first-order valence-corrected chi connectivity index (χ1v) is 14.6. The van der Waals surface area contributed by atoms with Crippen LogP contribution in [0.4, 0.5) is 0 Å². The lowest BCUT2D eigenvalue weighted by molar-refractivity contribution is -0.149. The van der Waals surface area contributed by atoms with Crippen molar-refractivity contribution in [1.82, 2.24) is 14.6 Å². The van der Waals surface area contributed by atoms with Crippen molar-refractivity contribution in [3.63, 3.8) is 0 Å². The number of aromatic amines is 1. The number of carbonyl (C=O) groups is 1. The summed E-state index contributed by atoms with van der Waals surface area (Å²) in [7, 11) is 0. The number of nitrogens with zero attached hydrogens (tertiary/aromatic N) is 1. The van der Waals surface area contributed by atoms with E-state index in [9.17, 15) is 18.9 Å². The van der Waals surface area contributed by atoms with Gasteiger partial charge in [-0.1, -0.05) is 31.1 Å². The molecule has 10 nitrogen and oxygen atoms in total. The molecule has 1 unspecified atom stereocenters. The molecule has 0 bridgehead atoms. The zero-order valence-electron chi connectivity index (χ0n) is 19.5. The van der Waals surface area contributed by atoms with Crippen LogP contribution in [-0.2, 0) is 23.4 Å². The molecule has 1 aromatic heterocycles. The fourth-order valence-corrected chi connectivity index (χ4v) is 8.99. The topological polar surface area (TPSA) is 129 Å². The molecule has 1 saturated heterocycles. The largest absolute Gasteiger partial charge is 0.462 e. The fourth-order valence-electron chi connectivity index (χ4n) is 4.09. The van der Waals surface area contributed by atoms with Crippen LogP contribution in [0.2, 0.25) is 0 Å². The molecular weight excluding hydrogens is 469 g/mol. The SMILES string of the molecule is CC(C)OC(=O)[C@@H](C)NP(=O)(OC[C@@H]1C[C@H](C)[C@H](n2ccc(=O)[nH]c2=O)O1)SC1CCCC1. The van der Waals surface area contributed by atoms with E-state index in [1.165, 1.54) is 28.2 Å². The van der Waals surface area contributed by atoms with E-state index in [1.54, 1.807) is 20.8 Å². The van der Waals surface area contributed by atoms with Gasteiger partial charge in [-0.3, -0.25) is 23.7 Å². The van der Waals surface area contributed by atoms with Crippen LogP contribution >= 0.6 is 18.1 Å². The number of nitrogens with one attached hydrogen (secondary N) is 2. The number of hydrogen-bond donors (Lipinski definition) is 2. The minimum absolute atomic E-state index is 0.0167. The highest BCUT2D eigenvalue weighted by molar-refractivity contribution is 8.56. The van der Waals surface area contributed by atoms with Gasteiger partial charge in [-0.05, 0) is 40.0 Å². The van der Waals surface area contributed by atoms with E-state index in [0.29, 0.717) is 6.42 Å². The molecule has 0 amide bonds. The Labute approximate surface area is 197 Å². The van der Waals surface area contributed by atoms with E-state index in [-0.39, 0.29) is 30.0 Å². The summed E-state index contributed by atoms with van der Waals surface area (Å²) in [6, 6.07) is 0.484. The number of ether oxygens (including phenoxy) is 2. The zero-order valence-corrected chi connectivity index (χ0v) is 21.2. The van der Waals surface area contributed by atoms with Gasteiger partial charge in [-0.15, -0.1) is 0 Å². The predicted molar refractivity (Wildman–Crippen MR) is 126 cm³/mol. The van der Waals surface area contributed by atoms with E-state index in [2.05, 4.69) is 10.1 Å². The Balaban J connectivity index is 1.65. The van der Waals surface area contributed by atoms with Crippen molar-refractivity contribution in [3.05, 3.63) is 33.1 Å². The Morgan fingerprint density at radius 3 is 2.67 bits per heavy atom. The molecule has 2 aliphatic rings. The molecule has 2 fully saturated rings. The summed E-state index contributed by atoms with van der Waals surface area (Å²) < 4.78 is 32.2. The highest BCUT2D eigenvalue weighted by Gasteiger charge is 2.38. The first-order valence-electron chi connectivity index (χ1n) is 11.4. The van der Waals surface area contributed by atoms with Crippen molar-refractivity contribution >= 4 is 24.1 Å². The Morgan fingerprint density at radius 1 is 1.33 bits per heavy atom. The number of carbonyl (C=O) groups excluding carboxylic acids is 1. The van der Waals surface area contributed by atoms with Crippen LogP contribution < -0.4 is 16.3 Å². The normalized spacial score (nSPS) is 26.4. The van der Waals surface area contributed by atoms with Crippen molar-refractivity contribution in [3.8, 4) is 0 Å². The molecule has 2 heterocycles. The second-order valence-electron chi connectivity index (χ2n) is 9.02. The summed E-state index contributed by atoms with van der Waals surface area (Å²) in [5.74, 6) is -0.499. The monoisotopic (exact) mass is 503 g/mol. The lowest BCUT2D eigenvalue weighted by atomic mass is 10.1. The van der Waals surface area contributed by atoms with Crippen LogP contribution in [0.15, 0.2) is 21.9 Å². The van der Waals surface area contributed by atoms with E-state index in [0.717, 1.165) is 25.7 Å². The molecule has 1 aromatic rings. The van der Waals surface area contributed by atoms with Crippen LogP contribution in [-0.4, -0.2) is 45.6 Å². The molecule has 5 atom stereocenters. The lowest BCUT2D eigenvalue weighted by Crippen LogP contribution is -2.35. The van der Waals surface area contributed by atoms with Crippen molar-refractivity contribution < 1.29 is 23.4 Å². The molecule has 12 heteroatoms. The minimum atomic E-state index is -3.43. The molecule has 0 aromatic carbocycles. The van der Waals surface area contributed by atoms with Gasteiger partial charge < -0.3 is 14.0 Å². The maximum Gasteiger partial charge on any atom is 0.330 e. The lowest BCUT2D eigenvalue weighted by Gasteiger charge is -2.26. The predicted octanol–water partition coefficient (Wildman–Crippen LogP) is 3.19. The van der Waals surface area contributed by atoms with Gasteiger partial charge in [0.25, 0.3) is 5.56 Å². The average molecular weight is 504 g/mol. The molecule has 0 radical (unpaired) electrons. The molecule has 0 spiro atoms. The van der Waals surface area contributed by atoms with Gasteiger partial charge in [0.05, 0.1) is 18.8 Å². The summed E-state index contributed by atoms with van der Waals surface area (Å²) in [5, 5.41) is 3.09. The van der Waals surface area contributed by atoms with Crippen LogP contribution in [0.25, 0.3) is 0 Å². The first kappa shape index (κ1) is 26.2. The standard InChI is InChI=1S/C21H34N3O7PS/c1-13(2)30-20(26)15(4)23-32(28,33-17-7-5-6-8-17)29-12-16-11-14(3)19(31-16)24-10-9-18(25)22-21(24)27/h9-10,13-17,19H,5-8,11-12H2,1-4H3,(H,23,28)(H,22,25,27)/t14-,15+,16-,19+,32?/m0/s1. The highest BCUT2D eigenvalue weighted by Crippen LogP contribution is 2.61. The van der Waals surface area contributed by atoms with Crippen LogP contribution in [0, 0.1) is 5.92 Å². The molecule has 2 N–H and O–H groups in total. The third-order valence-electron chi connectivity index (χ3n) is 5.66. The Morgan fingerprint density at radius 2 is 2.03 bits per heavy atom. The fraction of sp³-hybridized carbons (Fsp3) is 0.762. The highest BCUT2D eigenvalue weighted by atomic mass is 32.7. The van der Waals surface area contributed by atoms with Crippen LogP contribution in [0.5, 0.6) is 0 Å². The molecule has 186 valence electrons. The Bertz CT molecular complexity index is 975. The molecule has 33 heavy (non-hydrogen) atoms. The van der Waals surface area contributed by atoms with E-state index >= 15 is 0 Å². The van der Waals surface area contributed by atoms with E-state index in [4.69, 9.17) is 14.0 Å². The number of esters is 1. The smallest absolute Gasteiger partial charge is 0.330 e. The van der Waals surface area contributed by atoms with E-state index in [1.807, 2.05) is 6.92 Å². The quantitative estimate of drug-likeness (QED) is 0.365. The third kappa shape index (κ3) is 7.29. The summed E-state index contributed by atoms with van der Waals surface area (Å²) in [6.07, 6.45) is 4.87. The van der Waals surface area contributed by atoms with Gasteiger partial charge in [0.2, 0.25) is 0 Å². The van der Waals surface area contributed by atoms with Crippen LogP contribution in [0.3, 0.4) is 0 Å². The number of aromatic nitrogens is 2. The Kier molecular flexibility index (Phi) is 9.02. The summed E-state index contributed by atoms with van der Waals surface area (Å²) in [4.78, 5) is 38.0. The molecule has 1 aliphatic heterocycles. The van der Waals surface area contributed by atoms with Gasteiger partial charge in [-0.25, -0.2) is 9.88 Å². The first-order chi connectivity index (χ1) is 15.6. The zero-order chi connectivity index (χ0) is 24.2. The average Bonchev–Trinajstić information content (AvgIpc) is 3.35. The molecular formula is C21H34N3O7PS. The third-order valence-corrected chi connectivity index (χ3v) is 10.3. The van der Waals surface area contributed by atoms with Gasteiger partial charge >= 0.3 is 18.4 Å². The van der Waals surface area contributed by atoms with Gasteiger partial charge in [0, 0.05) is 23.4 Å². The number of hydrogen-bond acceptors (Lipinski definition) is 8. The number of rotatable bonds is 10. The van der Waals surface area contributed by atoms with Gasteiger partial charge in [0.15, 0.2) is 0 Å². The summed E-state index contributed by atoms with van der Waals surface area (Å²) in [6.45, 7) is 3.70. The minimum Gasteiger partial charge on any atom is -0.462 e. The number of H-pyrrole nitrogens is 1. The maximum atomic E-state index is 13.7. The van der Waals surface area contributed by atoms with Crippen molar-refractivity contribution in [2.45, 2.75) is 89.5 Å². The Hall–Kier alpha value is -1.39. The molecule has 1 aliphatic carbocycles. The molecule has 3 rings (SSSR count). The summed E-state index contributed by atoms with van der Waals surface area (Å²) >= 11 is 1.27. The molecule has 1 saturated carbocycles. The van der Waals surface area contributed by atoms with Gasteiger partial charge in [0.1, 0.15) is 12.3 Å². The summed E-state index contributed by atoms with van der Waals surface area (Å²) in [5.41, 5.74) is -1.01. The van der Waals surface area contributed by atoms with Crippen molar-refractivity contribution in [2.24, 2.45) is 5.92 Å².